The number of ether oxygens (including phenoxy) is 2. The van der Waals surface area contributed by atoms with E-state index in [1.807, 2.05) is 23.1 Å². The molecule has 0 N–H and O–H groups in total. The maximum Gasteiger partial charge on any atom is 0.282 e. The van der Waals surface area contributed by atoms with Crippen molar-refractivity contribution < 1.29 is 19.1 Å². The number of imide groups is 1. The Balaban J connectivity index is 1.90. The summed E-state index contributed by atoms with van der Waals surface area (Å²) in [5.74, 6) is 0.164. The molecule has 0 bridgehead atoms. The monoisotopic (exact) mass is 426 g/mol. The lowest BCUT2D eigenvalue weighted by Crippen LogP contribution is -2.37. The van der Waals surface area contributed by atoms with Gasteiger partial charge in [0.1, 0.15) is 17.2 Å². The quantitative estimate of drug-likeness (QED) is 0.673. The molecule has 156 valence electrons. The molecule has 2 amide bonds. The van der Waals surface area contributed by atoms with Crippen molar-refractivity contribution in [3.8, 4) is 11.5 Å². The largest absolute Gasteiger partial charge is 0.496 e. The van der Waals surface area contributed by atoms with Crippen LogP contribution in [0.25, 0.3) is 5.57 Å². The first-order valence-electron chi connectivity index (χ1n) is 9.91. The van der Waals surface area contributed by atoms with Crippen molar-refractivity contribution in [2.75, 3.05) is 32.2 Å². The Bertz CT molecular complexity index is 1030. The Kier molecular flexibility index (Phi) is 5.68. The second kappa shape index (κ2) is 8.40. The third-order valence-electron chi connectivity index (χ3n) is 5.49. The van der Waals surface area contributed by atoms with Gasteiger partial charge in [-0.15, -0.1) is 0 Å². The molecule has 0 aromatic heterocycles. The number of nitrogens with zero attached hydrogens (tertiary/aromatic N) is 2. The zero-order chi connectivity index (χ0) is 21.3. The summed E-state index contributed by atoms with van der Waals surface area (Å²) in [6, 6.07) is 12.2. The Labute approximate surface area is 180 Å². The van der Waals surface area contributed by atoms with Gasteiger partial charge in [0.2, 0.25) is 0 Å². The van der Waals surface area contributed by atoms with Gasteiger partial charge in [-0.05, 0) is 43.5 Å². The van der Waals surface area contributed by atoms with Crippen LogP contribution in [0.2, 0.25) is 5.02 Å². The van der Waals surface area contributed by atoms with E-state index in [4.69, 9.17) is 21.1 Å². The van der Waals surface area contributed by atoms with Gasteiger partial charge in [-0.1, -0.05) is 29.8 Å². The number of hydrogen-bond donors (Lipinski definition) is 0. The molecular weight excluding hydrogens is 404 g/mol. The van der Waals surface area contributed by atoms with Crippen molar-refractivity contribution in [1.29, 1.82) is 0 Å². The third kappa shape index (κ3) is 3.41. The molecule has 7 heteroatoms. The van der Waals surface area contributed by atoms with Gasteiger partial charge < -0.3 is 14.4 Å². The average molecular weight is 427 g/mol. The van der Waals surface area contributed by atoms with Gasteiger partial charge in [-0.2, -0.15) is 0 Å². The average Bonchev–Trinajstić information content (AvgIpc) is 3.04. The minimum atomic E-state index is -0.411. The fourth-order valence-electron chi connectivity index (χ4n) is 4.08. The lowest BCUT2D eigenvalue weighted by Gasteiger charge is -2.29. The van der Waals surface area contributed by atoms with Crippen LogP contribution < -0.4 is 14.4 Å². The molecule has 0 spiro atoms. The molecular formula is C23H23ClN2O4. The van der Waals surface area contributed by atoms with Crippen molar-refractivity contribution in [3.05, 3.63) is 58.7 Å². The Hall–Kier alpha value is -2.99. The highest BCUT2D eigenvalue weighted by atomic mass is 35.5. The van der Waals surface area contributed by atoms with Crippen molar-refractivity contribution in [3.63, 3.8) is 0 Å². The van der Waals surface area contributed by atoms with Crippen LogP contribution in [0, 0.1) is 0 Å². The van der Waals surface area contributed by atoms with E-state index in [1.54, 1.807) is 31.4 Å². The predicted molar refractivity (Wildman–Crippen MR) is 116 cm³/mol. The van der Waals surface area contributed by atoms with Crippen LogP contribution in [-0.4, -0.2) is 44.0 Å². The van der Waals surface area contributed by atoms with Crippen molar-refractivity contribution >= 4 is 34.7 Å². The molecule has 0 saturated carbocycles. The predicted octanol–water partition coefficient (Wildman–Crippen LogP) is 4.13. The summed E-state index contributed by atoms with van der Waals surface area (Å²) in [6.45, 7) is 1.46. The van der Waals surface area contributed by atoms with E-state index in [2.05, 4.69) is 0 Å². The molecule has 30 heavy (non-hydrogen) atoms. The summed E-state index contributed by atoms with van der Waals surface area (Å²) in [7, 11) is 3.05. The van der Waals surface area contributed by atoms with Gasteiger partial charge in [-0.25, -0.2) is 4.90 Å². The fraction of sp³-hybridized carbons (Fsp3) is 0.304. The highest BCUT2D eigenvalue weighted by Crippen LogP contribution is 2.42. The van der Waals surface area contributed by atoms with E-state index in [0.29, 0.717) is 39.0 Å². The first-order valence-corrected chi connectivity index (χ1v) is 10.3. The van der Waals surface area contributed by atoms with Crippen molar-refractivity contribution in [1.82, 2.24) is 4.90 Å². The molecule has 0 unspecified atom stereocenters. The molecule has 2 heterocycles. The van der Waals surface area contributed by atoms with Crippen LogP contribution >= 0.6 is 11.6 Å². The summed E-state index contributed by atoms with van der Waals surface area (Å²) in [4.78, 5) is 30.5. The molecule has 0 aliphatic carbocycles. The molecule has 0 radical (unpaired) electrons. The van der Waals surface area contributed by atoms with Crippen LogP contribution in [-0.2, 0) is 9.59 Å². The highest BCUT2D eigenvalue weighted by Gasteiger charge is 2.44. The highest BCUT2D eigenvalue weighted by molar-refractivity contribution is 6.46. The van der Waals surface area contributed by atoms with Gasteiger partial charge in [0.15, 0.2) is 0 Å². The first-order chi connectivity index (χ1) is 14.6. The smallest absolute Gasteiger partial charge is 0.282 e. The van der Waals surface area contributed by atoms with E-state index in [1.165, 1.54) is 7.11 Å². The van der Waals surface area contributed by atoms with Gasteiger partial charge in [0.05, 0.1) is 25.5 Å². The third-order valence-corrected chi connectivity index (χ3v) is 5.72. The maximum atomic E-state index is 13.7. The summed E-state index contributed by atoms with van der Waals surface area (Å²) >= 11 is 6.18. The molecule has 0 atom stereocenters. The number of carbonyl (C=O) groups is 2. The summed E-state index contributed by atoms with van der Waals surface area (Å²) in [5, 5.41) is 0.414. The van der Waals surface area contributed by atoms with E-state index < -0.39 is 5.91 Å². The summed E-state index contributed by atoms with van der Waals surface area (Å²) < 4.78 is 10.9. The molecule has 1 fully saturated rings. The fourth-order valence-corrected chi connectivity index (χ4v) is 4.25. The van der Waals surface area contributed by atoms with Crippen molar-refractivity contribution in [2.45, 2.75) is 19.3 Å². The topological polar surface area (TPSA) is 59.1 Å². The Morgan fingerprint density at radius 2 is 1.57 bits per heavy atom. The minimum Gasteiger partial charge on any atom is -0.496 e. The SMILES string of the molecule is COc1ccccc1C1=C(N2CCCCC2)C(=O)N(c2cc(Cl)ccc2OC)C1=O. The molecule has 2 aliphatic rings. The second-order valence-electron chi connectivity index (χ2n) is 7.23. The number of piperidine rings is 1. The van der Waals surface area contributed by atoms with E-state index >= 15 is 0 Å². The van der Waals surface area contributed by atoms with Gasteiger partial charge in [-0.3, -0.25) is 9.59 Å². The van der Waals surface area contributed by atoms with E-state index in [0.717, 1.165) is 37.3 Å². The number of carbonyl (C=O) groups excluding carboxylic acids is 2. The number of rotatable bonds is 5. The van der Waals surface area contributed by atoms with Crippen molar-refractivity contribution in [2.24, 2.45) is 0 Å². The second-order valence-corrected chi connectivity index (χ2v) is 7.67. The van der Waals surface area contributed by atoms with Crippen LogP contribution in [0.3, 0.4) is 0 Å². The number of hydrogen-bond acceptors (Lipinski definition) is 5. The number of anilines is 1. The summed E-state index contributed by atoms with van der Waals surface area (Å²) in [5.41, 5.74) is 1.69. The maximum absolute atomic E-state index is 13.7. The zero-order valence-electron chi connectivity index (χ0n) is 17.0. The van der Waals surface area contributed by atoms with E-state index in [9.17, 15) is 9.59 Å². The first kappa shape index (κ1) is 20.3. The molecule has 4 rings (SSSR count). The van der Waals surface area contributed by atoms with Crippen LogP contribution in [0.5, 0.6) is 11.5 Å². The lowest BCUT2D eigenvalue weighted by atomic mass is 10.0. The van der Waals surface area contributed by atoms with Crippen LogP contribution in [0.4, 0.5) is 5.69 Å². The Morgan fingerprint density at radius 3 is 2.27 bits per heavy atom. The summed E-state index contributed by atoms with van der Waals surface area (Å²) in [6.07, 6.45) is 3.07. The number of para-hydroxylation sites is 1. The molecule has 2 aromatic rings. The number of likely N-dealkylation sites (tertiary alicyclic amines) is 1. The van der Waals surface area contributed by atoms with Gasteiger partial charge in [0.25, 0.3) is 11.8 Å². The van der Waals surface area contributed by atoms with Crippen LogP contribution in [0.1, 0.15) is 24.8 Å². The molecule has 6 nitrogen and oxygen atoms in total. The lowest BCUT2D eigenvalue weighted by molar-refractivity contribution is -0.120. The van der Waals surface area contributed by atoms with E-state index in [-0.39, 0.29) is 5.91 Å². The number of amides is 2. The normalized spacial score (nSPS) is 17.0. The van der Waals surface area contributed by atoms with Gasteiger partial charge in [0, 0.05) is 23.7 Å². The number of benzene rings is 2. The Morgan fingerprint density at radius 1 is 0.867 bits per heavy atom. The molecule has 1 saturated heterocycles. The minimum absolute atomic E-state index is 0.333. The standard InChI is InChI=1S/C23H23ClN2O4/c1-29-18-9-5-4-8-16(18)20-21(25-12-6-3-7-13-25)23(28)26(22(20)27)17-14-15(24)10-11-19(17)30-2/h4-5,8-11,14H,3,6-7,12-13H2,1-2H3. The zero-order valence-corrected chi connectivity index (χ0v) is 17.7. The number of halogens is 1. The molecule has 2 aromatic carbocycles. The number of methoxy groups -OCH3 is 2. The van der Waals surface area contributed by atoms with Gasteiger partial charge >= 0.3 is 0 Å². The molecule has 2 aliphatic heterocycles. The van der Waals surface area contributed by atoms with Crippen LogP contribution in [0.15, 0.2) is 48.2 Å².